The van der Waals surface area contributed by atoms with Crippen molar-refractivity contribution in [3.05, 3.63) is 63.7 Å². The molecule has 3 rings (SSSR count). The number of carboxylic acid groups (broad SMARTS) is 1. The van der Waals surface area contributed by atoms with Crippen molar-refractivity contribution in [3.63, 3.8) is 0 Å². The molecule has 0 saturated heterocycles. The van der Waals surface area contributed by atoms with E-state index >= 15 is 0 Å². The molecular formula is C15H11N4O4S+. The minimum atomic E-state index is -1.11. The van der Waals surface area contributed by atoms with Crippen LogP contribution in [0.5, 0.6) is 0 Å². The first-order valence-corrected chi connectivity index (χ1v) is 7.63. The van der Waals surface area contributed by atoms with Crippen LogP contribution in [0, 0.1) is 10.1 Å². The van der Waals surface area contributed by atoms with Crippen LogP contribution in [0.2, 0.25) is 0 Å². The number of aromatic carboxylic acids is 1. The SMILES string of the molecule is O=C(O)c1cc(Nc2[nH+]ccs2)nc(-c2cccc([N+](=O)[O-])c2)c1. The molecule has 0 amide bonds. The van der Waals surface area contributed by atoms with E-state index in [1.54, 1.807) is 12.3 Å². The zero-order valence-electron chi connectivity index (χ0n) is 12.1. The average molecular weight is 343 g/mol. The first kappa shape index (κ1) is 15.6. The fourth-order valence-corrected chi connectivity index (χ4v) is 2.64. The lowest BCUT2D eigenvalue weighted by molar-refractivity contribution is -0.384. The molecule has 0 atom stereocenters. The van der Waals surface area contributed by atoms with E-state index in [2.05, 4.69) is 15.3 Å². The molecule has 0 aliphatic carbocycles. The number of pyridine rings is 1. The molecule has 0 saturated carbocycles. The first-order chi connectivity index (χ1) is 11.5. The summed E-state index contributed by atoms with van der Waals surface area (Å²) in [5.41, 5.74) is 0.741. The summed E-state index contributed by atoms with van der Waals surface area (Å²) in [4.78, 5) is 29.0. The number of H-pyrrole nitrogens is 1. The number of aromatic amines is 1. The van der Waals surface area contributed by atoms with Gasteiger partial charge in [-0.25, -0.2) is 20.1 Å². The lowest BCUT2D eigenvalue weighted by atomic mass is 10.1. The van der Waals surface area contributed by atoms with E-state index in [0.717, 1.165) is 0 Å². The zero-order chi connectivity index (χ0) is 17.1. The first-order valence-electron chi connectivity index (χ1n) is 6.75. The third kappa shape index (κ3) is 3.36. The monoisotopic (exact) mass is 343 g/mol. The number of hydrogen-bond donors (Lipinski definition) is 2. The molecule has 2 heterocycles. The maximum absolute atomic E-state index is 11.3. The van der Waals surface area contributed by atoms with Gasteiger partial charge < -0.3 is 5.11 Å². The third-order valence-electron chi connectivity index (χ3n) is 3.13. The van der Waals surface area contributed by atoms with Gasteiger partial charge in [0.15, 0.2) is 0 Å². The molecule has 0 unspecified atom stereocenters. The predicted molar refractivity (Wildman–Crippen MR) is 87.4 cm³/mol. The molecule has 2 aromatic heterocycles. The smallest absolute Gasteiger partial charge is 0.337 e. The number of non-ortho nitro benzene ring substituents is 1. The number of aromatic nitrogens is 2. The van der Waals surface area contributed by atoms with E-state index in [4.69, 9.17) is 0 Å². The van der Waals surface area contributed by atoms with Gasteiger partial charge in [0.25, 0.3) is 5.69 Å². The number of nitrogens with zero attached hydrogens (tertiary/aromatic N) is 2. The molecule has 0 spiro atoms. The zero-order valence-corrected chi connectivity index (χ0v) is 12.9. The van der Waals surface area contributed by atoms with Crippen LogP contribution in [0.1, 0.15) is 10.4 Å². The number of hydrogen-bond acceptors (Lipinski definition) is 6. The van der Waals surface area contributed by atoms with Crippen molar-refractivity contribution < 1.29 is 19.8 Å². The Morgan fingerprint density at radius 3 is 2.83 bits per heavy atom. The van der Waals surface area contributed by atoms with Crippen LogP contribution in [0.25, 0.3) is 11.3 Å². The van der Waals surface area contributed by atoms with Crippen LogP contribution >= 0.6 is 11.3 Å². The molecule has 0 aliphatic heterocycles. The topological polar surface area (TPSA) is 120 Å². The summed E-state index contributed by atoms with van der Waals surface area (Å²) in [6.45, 7) is 0. The highest BCUT2D eigenvalue weighted by Gasteiger charge is 2.15. The number of benzene rings is 1. The number of carbonyl (C=O) groups is 1. The van der Waals surface area contributed by atoms with Crippen LogP contribution in [0.3, 0.4) is 0 Å². The van der Waals surface area contributed by atoms with E-state index in [9.17, 15) is 20.0 Å². The molecular weight excluding hydrogens is 332 g/mol. The largest absolute Gasteiger partial charge is 0.478 e. The van der Waals surface area contributed by atoms with Gasteiger partial charge in [-0.3, -0.25) is 10.1 Å². The number of nitro groups is 1. The van der Waals surface area contributed by atoms with Crippen molar-refractivity contribution in [2.45, 2.75) is 0 Å². The summed E-state index contributed by atoms with van der Waals surface area (Å²) in [6, 6.07) is 8.67. The molecule has 3 aromatic rings. The molecule has 0 fully saturated rings. The van der Waals surface area contributed by atoms with Crippen LogP contribution in [0.15, 0.2) is 48.0 Å². The Labute approximate surface area is 139 Å². The average Bonchev–Trinajstić information content (AvgIpc) is 3.07. The highest BCUT2D eigenvalue weighted by atomic mass is 32.1. The Hall–Kier alpha value is -3.33. The van der Waals surface area contributed by atoms with Gasteiger partial charge in [-0.15, -0.1) is 0 Å². The third-order valence-corrected chi connectivity index (χ3v) is 3.86. The van der Waals surface area contributed by atoms with Crippen molar-refractivity contribution in [3.8, 4) is 11.3 Å². The number of rotatable bonds is 5. The van der Waals surface area contributed by atoms with Gasteiger partial charge in [-0.1, -0.05) is 23.5 Å². The molecule has 120 valence electrons. The number of nitrogens with one attached hydrogen (secondary N) is 2. The second-order valence-corrected chi connectivity index (χ2v) is 5.67. The Balaban J connectivity index is 2.06. The molecule has 9 heteroatoms. The lowest BCUT2D eigenvalue weighted by Gasteiger charge is -2.05. The fraction of sp³-hybridized carbons (Fsp3) is 0. The standard InChI is InChI=1S/C15H10N4O4S/c20-14(21)10-7-12(9-2-1-3-11(6-9)19(22)23)17-13(8-10)18-15-16-4-5-24-15/h1-8H,(H,20,21)(H,16,17,18)/p+1. The Morgan fingerprint density at radius 2 is 2.17 bits per heavy atom. The number of nitro benzene ring substituents is 1. The van der Waals surface area contributed by atoms with Crippen LogP contribution < -0.4 is 10.3 Å². The molecule has 24 heavy (non-hydrogen) atoms. The Morgan fingerprint density at radius 1 is 1.33 bits per heavy atom. The normalized spacial score (nSPS) is 10.3. The van der Waals surface area contributed by atoms with Gasteiger partial charge in [0.05, 0.1) is 22.4 Å². The molecule has 0 bridgehead atoms. The molecule has 0 aliphatic rings. The van der Waals surface area contributed by atoms with Gasteiger partial charge in [0.2, 0.25) is 5.82 Å². The summed E-state index contributed by atoms with van der Waals surface area (Å²) < 4.78 is 0. The van der Waals surface area contributed by atoms with Crippen molar-refractivity contribution in [2.24, 2.45) is 0 Å². The molecule has 1 aromatic carbocycles. The fourth-order valence-electron chi connectivity index (χ4n) is 2.07. The van der Waals surface area contributed by atoms with E-state index in [1.165, 1.54) is 41.7 Å². The van der Waals surface area contributed by atoms with E-state index in [-0.39, 0.29) is 11.3 Å². The highest BCUT2D eigenvalue weighted by Crippen LogP contribution is 2.26. The Bertz CT molecular complexity index is 912. The van der Waals surface area contributed by atoms with Gasteiger partial charge in [0, 0.05) is 29.1 Å². The van der Waals surface area contributed by atoms with Gasteiger partial charge in [-0.05, 0) is 6.07 Å². The summed E-state index contributed by atoms with van der Waals surface area (Å²) in [5, 5.41) is 25.7. The highest BCUT2D eigenvalue weighted by molar-refractivity contribution is 7.13. The van der Waals surface area contributed by atoms with Crippen LogP contribution in [0.4, 0.5) is 16.6 Å². The van der Waals surface area contributed by atoms with E-state index < -0.39 is 10.9 Å². The molecule has 8 nitrogen and oxygen atoms in total. The van der Waals surface area contributed by atoms with E-state index in [1.807, 2.05) is 5.38 Å². The van der Waals surface area contributed by atoms with Crippen molar-refractivity contribution in [2.75, 3.05) is 5.32 Å². The second-order valence-electron chi connectivity index (χ2n) is 4.76. The lowest BCUT2D eigenvalue weighted by Crippen LogP contribution is -2.06. The molecule has 0 radical (unpaired) electrons. The summed E-state index contributed by atoms with van der Waals surface area (Å²) in [5.74, 6) is -0.780. The maximum atomic E-state index is 11.3. The number of anilines is 2. The van der Waals surface area contributed by atoms with Crippen molar-refractivity contribution in [1.82, 2.24) is 4.98 Å². The van der Waals surface area contributed by atoms with Gasteiger partial charge in [0.1, 0.15) is 0 Å². The van der Waals surface area contributed by atoms with Crippen molar-refractivity contribution in [1.29, 1.82) is 0 Å². The summed E-state index contributed by atoms with van der Waals surface area (Å²) in [6.07, 6.45) is 1.73. The van der Waals surface area contributed by atoms with Gasteiger partial charge in [-0.2, -0.15) is 0 Å². The minimum Gasteiger partial charge on any atom is -0.478 e. The van der Waals surface area contributed by atoms with Crippen molar-refractivity contribution >= 4 is 33.9 Å². The van der Waals surface area contributed by atoms with Gasteiger partial charge >= 0.3 is 11.1 Å². The predicted octanol–water partition coefficient (Wildman–Crippen LogP) is 2.97. The molecule has 3 N–H and O–H groups in total. The van der Waals surface area contributed by atoms with E-state index in [0.29, 0.717) is 22.2 Å². The van der Waals surface area contributed by atoms with Crippen LogP contribution in [-0.2, 0) is 0 Å². The minimum absolute atomic E-state index is 0.0329. The summed E-state index contributed by atoms with van der Waals surface area (Å²) >= 11 is 1.40. The second kappa shape index (κ2) is 6.42. The quantitative estimate of drug-likeness (QED) is 0.543. The van der Waals surface area contributed by atoms with Crippen LogP contribution in [-0.4, -0.2) is 21.0 Å². The summed E-state index contributed by atoms with van der Waals surface area (Å²) in [7, 11) is 0. The Kier molecular flexibility index (Phi) is 4.17. The number of carboxylic acids is 1. The number of thiazole rings is 1. The maximum Gasteiger partial charge on any atom is 0.337 e.